The van der Waals surface area contributed by atoms with E-state index < -0.39 is 6.04 Å². The maximum absolute atomic E-state index is 12.3. The van der Waals surface area contributed by atoms with E-state index in [9.17, 15) is 9.59 Å². The minimum atomic E-state index is -0.791. The predicted molar refractivity (Wildman–Crippen MR) is 94.1 cm³/mol. The van der Waals surface area contributed by atoms with Crippen LogP contribution in [0, 0.1) is 0 Å². The maximum Gasteiger partial charge on any atom is 0.249 e. The Bertz CT molecular complexity index is 775. The van der Waals surface area contributed by atoms with Crippen molar-refractivity contribution in [2.45, 2.75) is 12.5 Å². The third kappa shape index (κ3) is 4.11. The summed E-state index contributed by atoms with van der Waals surface area (Å²) in [4.78, 5) is 28.5. The molecule has 2 amide bonds. The first kappa shape index (κ1) is 16.0. The summed E-state index contributed by atoms with van der Waals surface area (Å²) in [6, 6.07) is 15.2. The normalized spacial score (nSPS) is 16.8. The first-order chi connectivity index (χ1) is 11.6. The molecule has 2 aromatic rings. The molecular weight excluding hydrogens is 328 g/mol. The van der Waals surface area contributed by atoms with E-state index in [-0.39, 0.29) is 24.2 Å². The molecule has 0 unspecified atom stereocenters. The molecule has 0 spiro atoms. The number of hydrogen-bond acceptors (Lipinski definition) is 4. The van der Waals surface area contributed by atoms with E-state index >= 15 is 0 Å². The second kappa shape index (κ2) is 7.14. The molecule has 7 heteroatoms. The van der Waals surface area contributed by atoms with Gasteiger partial charge in [0.25, 0.3) is 0 Å². The number of para-hydroxylation sites is 1. The molecule has 3 N–H and O–H groups in total. The molecule has 0 saturated heterocycles. The number of guanidine groups is 1. The van der Waals surface area contributed by atoms with Gasteiger partial charge in [0.05, 0.1) is 6.42 Å². The Kier molecular flexibility index (Phi) is 4.77. The van der Waals surface area contributed by atoms with Crippen LogP contribution in [0.3, 0.4) is 0 Å². The fourth-order valence-corrected chi connectivity index (χ4v) is 2.35. The summed E-state index contributed by atoms with van der Waals surface area (Å²) in [5.41, 5.74) is 1.37. The van der Waals surface area contributed by atoms with Crippen molar-refractivity contribution in [3.63, 3.8) is 0 Å². The van der Waals surface area contributed by atoms with Gasteiger partial charge in [-0.3, -0.25) is 14.9 Å². The number of aliphatic imine (C=N–C) groups is 1. The minimum absolute atomic E-state index is 0.000602. The van der Waals surface area contributed by atoms with Crippen molar-refractivity contribution >= 4 is 40.7 Å². The number of carbonyl (C=O) groups excluding carboxylic acids is 2. The van der Waals surface area contributed by atoms with E-state index in [4.69, 9.17) is 11.6 Å². The molecule has 0 saturated carbocycles. The van der Waals surface area contributed by atoms with Crippen LogP contribution >= 0.6 is 11.6 Å². The van der Waals surface area contributed by atoms with Gasteiger partial charge >= 0.3 is 0 Å². The number of amides is 2. The van der Waals surface area contributed by atoms with Crippen LogP contribution in [0.15, 0.2) is 59.6 Å². The number of halogens is 1. The third-order valence-corrected chi connectivity index (χ3v) is 3.62. The largest absolute Gasteiger partial charge is 0.326 e. The van der Waals surface area contributed by atoms with Gasteiger partial charge < -0.3 is 10.6 Å². The van der Waals surface area contributed by atoms with E-state index in [1.165, 1.54) is 0 Å². The van der Waals surface area contributed by atoms with Crippen LogP contribution in [0.2, 0.25) is 5.02 Å². The topological polar surface area (TPSA) is 82.6 Å². The second-order valence-corrected chi connectivity index (χ2v) is 5.67. The number of hydrogen-bond donors (Lipinski definition) is 3. The van der Waals surface area contributed by atoms with Crippen LogP contribution in [0.1, 0.15) is 6.42 Å². The van der Waals surface area contributed by atoms with Crippen LogP contribution < -0.4 is 16.0 Å². The fourth-order valence-electron chi connectivity index (χ4n) is 2.22. The van der Waals surface area contributed by atoms with E-state index in [0.29, 0.717) is 10.7 Å². The summed E-state index contributed by atoms with van der Waals surface area (Å²) in [6.45, 7) is 0. The van der Waals surface area contributed by atoms with Crippen molar-refractivity contribution in [3.8, 4) is 0 Å². The van der Waals surface area contributed by atoms with Crippen molar-refractivity contribution in [2.75, 3.05) is 10.6 Å². The quantitative estimate of drug-likeness (QED) is 0.802. The number of anilines is 2. The summed E-state index contributed by atoms with van der Waals surface area (Å²) < 4.78 is 0. The number of nitrogens with zero attached hydrogens (tertiary/aromatic N) is 1. The Balaban J connectivity index is 1.71. The van der Waals surface area contributed by atoms with E-state index in [2.05, 4.69) is 20.9 Å². The van der Waals surface area contributed by atoms with Crippen molar-refractivity contribution in [2.24, 2.45) is 4.99 Å². The second-order valence-electron chi connectivity index (χ2n) is 5.23. The molecule has 1 atom stereocenters. The maximum atomic E-state index is 12.3. The van der Waals surface area contributed by atoms with Crippen LogP contribution in [0.25, 0.3) is 0 Å². The summed E-state index contributed by atoms with van der Waals surface area (Å²) >= 11 is 5.82. The molecule has 0 aliphatic carbocycles. The van der Waals surface area contributed by atoms with E-state index in [1.54, 1.807) is 24.3 Å². The monoisotopic (exact) mass is 342 g/mol. The fraction of sp³-hybridized carbons (Fsp3) is 0.118. The van der Waals surface area contributed by atoms with Crippen LogP contribution in [-0.2, 0) is 9.59 Å². The summed E-state index contributed by atoms with van der Waals surface area (Å²) in [6.07, 6.45) is -0.000602. The van der Waals surface area contributed by atoms with Gasteiger partial charge in [0.15, 0.2) is 0 Å². The van der Waals surface area contributed by atoms with Gasteiger partial charge in [-0.2, -0.15) is 0 Å². The highest BCUT2D eigenvalue weighted by atomic mass is 35.5. The number of benzene rings is 2. The van der Waals surface area contributed by atoms with Crippen molar-refractivity contribution in [1.29, 1.82) is 0 Å². The summed E-state index contributed by atoms with van der Waals surface area (Å²) in [5.74, 6) is -0.354. The lowest BCUT2D eigenvalue weighted by Crippen LogP contribution is -2.45. The van der Waals surface area contributed by atoms with Gasteiger partial charge in [0.2, 0.25) is 17.8 Å². The van der Waals surface area contributed by atoms with E-state index in [0.717, 1.165) is 5.69 Å². The molecule has 0 fully saturated rings. The minimum Gasteiger partial charge on any atom is -0.326 e. The Labute approximate surface area is 143 Å². The first-order valence-corrected chi connectivity index (χ1v) is 7.74. The Hall–Kier alpha value is -2.86. The zero-order valence-electron chi connectivity index (χ0n) is 12.6. The zero-order chi connectivity index (χ0) is 16.9. The van der Waals surface area contributed by atoms with Crippen LogP contribution in [0.5, 0.6) is 0 Å². The van der Waals surface area contributed by atoms with Gasteiger partial charge in [-0.25, -0.2) is 4.99 Å². The number of nitrogens with one attached hydrogen (secondary N) is 3. The molecule has 0 bridgehead atoms. The Morgan fingerprint density at radius 3 is 2.50 bits per heavy atom. The van der Waals surface area contributed by atoms with Gasteiger partial charge in [-0.15, -0.1) is 0 Å². The molecule has 122 valence electrons. The molecule has 24 heavy (non-hydrogen) atoms. The molecule has 3 rings (SSSR count). The highest BCUT2D eigenvalue weighted by Crippen LogP contribution is 2.15. The standard InChI is InChI=1S/C17H15ClN4O2/c18-11-6-8-13(9-7-11)19-16(24)14-10-15(23)22-17(21-14)20-12-4-2-1-3-5-12/h1-9,14H,10H2,(H,19,24)(H2,20,21,22,23)/t14-/m0/s1. The first-order valence-electron chi connectivity index (χ1n) is 7.36. The lowest BCUT2D eigenvalue weighted by atomic mass is 10.1. The lowest BCUT2D eigenvalue weighted by Gasteiger charge is -2.21. The van der Waals surface area contributed by atoms with Gasteiger partial charge in [0, 0.05) is 16.4 Å². The number of carbonyl (C=O) groups is 2. The molecule has 1 aliphatic rings. The van der Waals surface area contributed by atoms with Gasteiger partial charge in [-0.1, -0.05) is 29.8 Å². The predicted octanol–water partition coefficient (Wildman–Crippen LogP) is 2.64. The molecular formula is C17H15ClN4O2. The molecule has 0 radical (unpaired) electrons. The third-order valence-electron chi connectivity index (χ3n) is 3.37. The van der Waals surface area contributed by atoms with Crippen molar-refractivity contribution < 1.29 is 9.59 Å². The highest BCUT2D eigenvalue weighted by Gasteiger charge is 2.27. The Morgan fingerprint density at radius 1 is 1.08 bits per heavy atom. The Morgan fingerprint density at radius 2 is 1.79 bits per heavy atom. The van der Waals surface area contributed by atoms with Gasteiger partial charge in [0.1, 0.15) is 6.04 Å². The molecule has 1 heterocycles. The van der Waals surface area contributed by atoms with Crippen molar-refractivity contribution in [1.82, 2.24) is 5.32 Å². The lowest BCUT2D eigenvalue weighted by molar-refractivity contribution is -0.124. The smallest absolute Gasteiger partial charge is 0.249 e. The SMILES string of the molecule is O=C1C[C@@H](C(=O)Nc2ccc(Cl)cc2)N=C(Nc2ccccc2)N1. The molecule has 0 aromatic heterocycles. The molecule has 6 nitrogen and oxygen atoms in total. The van der Waals surface area contributed by atoms with E-state index in [1.807, 2.05) is 30.3 Å². The van der Waals surface area contributed by atoms with Crippen LogP contribution in [0.4, 0.5) is 11.4 Å². The highest BCUT2D eigenvalue weighted by molar-refractivity contribution is 6.30. The zero-order valence-corrected chi connectivity index (χ0v) is 13.4. The molecule has 2 aromatic carbocycles. The summed E-state index contributed by atoms with van der Waals surface area (Å²) in [5, 5.41) is 8.92. The summed E-state index contributed by atoms with van der Waals surface area (Å²) in [7, 11) is 0. The number of rotatable bonds is 3. The van der Waals surface area contributed by atoms with Crippen molar-refractivity contribution in [3.05, 3.63) is 59.6 Å². The van der Waals surface area contributed by atoms with Gasteiger partial charge in [-0.05, 0) is 36.4 Å². The van der Waals surface area contributed by atoms with Crippen LogP contribution in [-0.4, -0.2) is 23.8 Å². The average molecular weight is 343 g/mol. The molecule has 1 aliphatic heterocycles. The average Bonchev–Trinajstić information content (AvgIpc) is 2.57.